The Balaban J connectivity index is 0.00000145. The largest absolute Gasteiger partial charge is 0.480 e. The summed E-state index contributed by atoms with van der Waals surface area (Å²) in [5, 5.41) is 23.1. The maximum atomic E-state index is 12.6. The van der Waals surface area contributed by atoms with E-state index in [0.29, 0.717) is 16.8 Å². The highest BCUT2D eigenvalue weighted by Crippen LogP contribution is 2.25. The number of nitrogens with one attached hydrogen (secondary N) is 2. The second-order valence-electron chi connectivity index (χ2n) is 7.56. The minimum atomic E-state index is -1.18. The van der Waals surface area contributed by atoms with Crippen LogP contribution in [-0.2, 0) is 11.2 Å². The molecule has 2 amide bonds. The summed E-state index contributed by atoms with van der Waals surface area (Å²) in [6.07, 6.45) is 0.0368. The summed E-state index contributed by atoms with van der Waals surface area (Å²) in [5.74, 6) is -2.21. The van der Waals surface area contributed by atoms with E-state index in [4.69, 9.17) is 39.9 Å². The summed E-state index contributed by atoms with van der Waals surface area (Å²) in [6.45, 7) is 3.65. The van der Waals surface area contributed by atoms with E-state index in [-0.39, 0.29) is 39.2 Å². The predicted octanol–water partition coefficient (Wildman–Crippen LogP) is 5.63. The van der Waals surface area contributed by atoms with Crippen molar-refractivity contribution in [2.75, 3.05) is 11.9 Å². The van der Waals surface area contributed by atoms with E-state index in [1.807, 2.05) is 0 Å². The lowest BCUT2D eigenvalue weighted by molar-refractivity contribution is -0.139. The van der Waals surface area contributed by atoms with Gasteiger partial charge in [-0.15, -0.1) is 0 Å². The molecule has 10 heteroatoms. The Morgan fingerprint density at radius 1 is 0.833 bits per heavy atom. The summed E-state index contributed by atoms with van der Waals surface area (Å²) in [4.78, 5) is 36.9. The molecular formula is C26H25Cl3N2O5. The Bertz CT molecular complexity index is 1190. The molecule has 3 rings (SSSR count). The summed E-state index contributed by atoms with van der Waals surface area (Å²) in [6, 6.07) is 15.2. The summed E-state index contributed by atoms with van der Waals surface area (Å²) < 4.78 is 0. The van der Waals surface area contributed by atoms with Crippen molar-refractivity contribution in [3.05, 3.63) is 98.0 Å². The van der Waals surface area contributed by atoms with E-state index in [1.165, 1.54) is 0 Å². The zero-order chi connectivity index (χ0) is 26.8. The molecule has 0 aliphatic rings. The maximum absolute atomic E-state index is 12.6. The smallest absolute Gasteiger partial charge is 0.326 e. The number of aliphatic hydroxyl groups is 1. The predicted molar refractivity (Wildman–Crippen MR) is 142 cm³/mol. The van der Waals surface area contributed by atoms with Crippen molar-refractivity contribution >= 4 is 58.3 Å². The summed E-state index contributed by atoms with van der Waals surface area (Å²) in [5.41, 5.74) is 2.16. The average molecular weight is 552 g/mol. The van der Waals surface area contributed by atoms with E-state index in [2.05, 4.69) is 10.6 Å². The minimum Gasteiger partial charge on any atom is -0.480 e. The number of carbonyl (C=O) groups excluding carboxylic acids is 2. The van der Waals surface area contributed by atoms with Gasteiger partial charge in [-0.25, -0.2) is 4.79 Å². The van der Waals surface area contributed by atoms with Crippen LogP contribution < -0.4 is 10.6 Å². The molecule has 36 heavy (non-hydrogen) atoms. The highest BCUT2D eigenvalue weighted by Gasteiger charge is 2.23. The van der Waals surface area contributed by atoms with Gasteiger partial charge in [0.2, 0.25) is 0 Å². The van der Waals surface area contributed by atoms with Crippen molar-refractivity contribution in [3.8, 4) is 0 Å². The van der Waals surface area contributed by atoms with Crippen LogP contribution >= 0.6 is 34.8 Å². The van der Waals surface area contributed by atoms with Crippen LogP contribution in [0, 0.1) is 6.92 Å². The molecule has 1 atom stereocenters. The number of hydrogen-bond acceptors (Lipinski definition) is 4. The van der Waals surface area contributed by atoms with Gasteiger partial charge >= 0.3 is 5.97 Å². The molecule has 0 aromatic heterocycles. The quantitative estimate of drug-likeness (QED) is 0.304. The molecule has 3 aromatic carbocycles. The van der Waals surface area contributed by atoms with Gasteiger partial charge in [0.25, 0.3) is 11.8 Å². The van der Waals surface area contributed by atoms with Crippen molar-refractivity contribution in [2.24, 2.45) is 0 Å². The third-order valence-electron chi connectivity index (χ3n) is 4.89. The maximum Gasteiger partial charge on any atom is 0.326 e. The van der Waals surface area contributed by atoms with Gasteiger partial charge in [-0.2, -0.15) is 0 Å². The molecule has 3 aromatic rings. The number of aliphatic hydroxyl groups excluding tert-OH is 1. The number of hydrogen-bond donors (Lipinski definition) is 4. The lowest BCUT2D eigenvalue weighted by Gasteiger charge is -2.16. The van der Waals surface area contributed by atoms with Crippen LogP contribution in [0.4, 0.5) is 5.69 Å². The second kappa shape index (κ2) is 13.8. The number of rotatable bonds is 7. The highest BCUT2D eigenvalue weighted by atomic mass is 35.5. The fraction of sp³-hybridized carbons (Fsp3) is 0.192. The van der Waals surface area contributed by atoms with Crippen LogP contribution in [0.1, 0.15) is 38.8 Å². The second-order valence-corrected chi connectivity index (χ2v) is 8.79. The zero-order valence-corrected chi connectivity index (χ0v) is 21.8. The minimum absolute atomic E-state index is 0.0368. The molecule has 0 bridgehead atoms. The van der Waals surface area contributed by atoms with Crippen LogP contribution in [0.3, 0.4) is 0 Å². The third kappa shape index (κ3) is 7.96. The number of aliphatic carboxylic acids is 1. The fourth-order valence-corrected chi connectivity index (χ4v) is 4.09. The van der Waals surface area contributed by atoms with E-state index in [1.54, 1.807) is 74.5 Å². The number of anilines is 1. The number of carbonyl (C=O) groups is 3. The first-order chi connectivity index (χ1) is 17.1. The molecule has 0 aliphatic carbocycles. The molecule has 0 fully saturated rings. The van der Waals surface area contributed by atoms with Crippen molar-refractivity contribution in [3.63, 3.8) is 0 Å². The van der Waals surface area contributed by atoms with E-state index in [9.17, 15) is 19.5 Å². The number of carboxylic acids is 1. The molecule has 0 heterocycles. The standard InChI is InChI=1S/C24H19Cl3N2O4.C2H6O/c1-13-4-2-5-16(25)20(13)22(30)29-19(24(32)33)12-14-8-10-15(11-9-14)28-23(31)21-17(26)6-3-7-18(21)27;1-2-3/h2-11,19H,12H2,1H3,(H,28,31)(H,29,30)(H,32,33);3H,2H2,1H3/t19-;/m0./s1. The first kappa shape index (κ1) is 29.1. The van der Waals surface area contributed by atoms with Gasteiger partial charge in [-0.05, 0) is 55.3 Å². The molecule has 0 saturated heterocycles. The molecule has 0 radical (unpaired) electrons. The van der Waals surface area contributed by atoms with Gasteiger partial charge in [0.05, 0.1) is 26.2 Å². The Kier molecular flexibility index (Phi) is 11.2. The number of aryl methyl sites for hydroxylation is 1. The van der Waals surface area contributed by atoms with Crippen LogP contribution in [-0.4, -0.2) is 40.6 Å². The average Bonchev–Trinajstić information content (AvgIpc) is 2.80. The van der Waals surface area contributed by atoms with Crippen molar-refractivity contribution in [1.82, 2.24) is 5.32 Å². The Morgan fingerprint density at radius 2 is 1.33 bits per heavy atom. The molecular weight excluding hydrogens is 527 g/mol. The SMILES string of the molecule is CCO.Cc1cccc(Cl)c1C(=O)N[C@@H](Cc1ccc(NC(=O)c2c(Cl)cccc2Cl)cc1)C(=O)O. The monoisotopic (exact) mass is 550 g/mol. The number of halogens is 3. The molecule has 4 N–H and O–H groups in total. The summed E-state index contributed by atoms with van der Waals surface area (Å²) >= 11 is 18.2. The topological polar surface area (TPSA) is 116 Å². The van der Waals surface area contributed by atoms with Crippen molar-refractivity contribution < 1.29 is 24.6 Å². The van der Waals surface area contributed by atoms with Gasteiger partial charge in [-0.1, -0.05) is 65.1 Å². The molecule has 0 unspecified atom stereocenters. The lowest BCUT2D eigenvalue weighted by Crippen LogP contribution is -2.42. The van der Waals surface area contributed by atoms with Gasteiger partial charge in [-0.3, -0.25) is 9.59 Å². The number of benzene rings is 3. The van der Waals surface area contributed by atoms with Gasteiger partial charge in [0.15, 0.2) is 0 Å². The molecule has 0 spiro atoms. The Hall–Kier alpha value is -3.10. The van der Waals surface area contributed by atoms with Crippen LogP contribution in [0.5, 0.6) is 0 Å². The third-order valence-corrected chi connectivity index (χ3v) is 5.84. The van der Waals surface area contributed by atoms with Gasteiger partial charge in [0, 0.05) is 18.7 Å². The highest BCUT2D eigenvalue weighted by molar-refractivity contribution is 6.40. The fourth-order valence-electron chi connectivity index (χ4n) is 3.22. The van der Waals surface area contributed by atoms with Gasteiger partial charge in [0.1, 0.15) is 6.04 Å². The number of carboxylic acid groups (broad SMARTS) is 1. The first-order valence-electron chi connectivity index (χ1n) is 10.8. The van der Waals surface area contributed by atoms with E-state index < -0.39 is 23.8 Å². The van der Waals surface area contributed by atoms with Crippen LogP contribution in [0.15, 0.2) is 60.7 Å². The van der Waals surface area contributed by atoms with Crippen LogP contribution in [0.25, 0.3) is 0 Å². The molecule has 7 nitrogen and oxygen atoms in total. The van der Waals surface area contributed by atoms with Crippen molar-refractivity contribution in [2.45, 2.75) is 26.3 Å². The normalized spacial score (nSPS) is 11.1. The van der Waals surface area contributed by atoms with Crippen molar-refractivity contribution in [1.29, 1.82) is 0 Å². The summed E-state index contributed by atoms with van der Waals surface area (Å²) in [7, 11) is 0. The number of amides is 2. The van der Waals surface area contributed by atoms with E-state index >= 15 is 0 Å². The lowest BCUT2D eigenvalue weighted by atomic mass is 10.0. The Labute approximate surface area is 224 Å². The first-order valence-corrected chi connectivity index (χ1v) is 12.0. The van der Waals surface area contributed by atoms with Crippen LogP contribution in [0.2, 0.25) is 15.1 Å². The zero-order valence-electron chi connectivity index (χ0n) is 19.5. The molecule has 0 saturated carbocycles. The van der Waals surface area contributed by atoms with E-state index in [0.717, 1.165) is 0 Å². The Morgan fingerprint density at radius 3 is 1.83 bits per heavy atom. The molecule has 0 aliphatic heterocycles. The molecule has 190 valence electrons. The van der Waals surface area contributed by atoms with Gasteiger partial charge < -0.3 is 20.8 Å².